The van der Waals surface area contributed by atoms with E-state index in [1.165, 1.54) is 59.5 Å². The molecule has 2 N–H and O–H groups in total. The molecule has 9 rings (SSSR count). The summed E-state index contributed by atoms with van der Waals surface area (Å²) >= 11 is 1.92. The smallest absolute Gasteiger partial charge is 0.0538 e. The molecule has 3 unspecified atom stereocenters. The maximum absolute atomic E-state index is 4.07. The molecule has 2 aliphatic heterocycles. The lowest BCUT2D eigenvalue weighted by Gasteiger charge is -2.25. The van der Waals surface area contributed by atoms with Gasteiger partial charge in [0, 0.05) is 43.6 Å². The topological polar surface area (TPSA) is 27.8 Å². The lowest BCUT2D eigenvalue weighted by molar-refractivity contribution is 0.573. The van der Waals surface area contributed by atoms with Gasteiger partial charge in [0.1, 0.15) is 0 Å². The quantitative estimate of drug-likeness (QED) is 0.194. The molecule has 0 amide bonds. The third-order valence-corrected chi connectivity index (χ3v) is 10.7. The molecule has 3 heteroatoms. The van der Waals surface area contributed by atoms with Gasteiger partial charge in [-0.1, -0.05) is 133 Å². The molecule has 3 atom stereocenters. The minimum absolute atomic E-state index is 0.0507. The van der Waals surface area contributed by atoms with Gasteiger partial charge in [-0.3, -0.25) is 5.32 Å². The van der Waals surface area contributed by atoms with Gasteiger partial charge in [0.25, 0.3) is 0 Å². The zero-order valence-corrected chi connectivity index (χ0v) is 26.0. The highest BCUT2D eigenvalue weighted by molar-refractivity contribution is 7.15. The van der Waals surface area contributed by atoms with Crippen molar-refractivity contribution in [3.8, 4) is 10.4 Å². The van der Waals surface area contributed by atoms with Crippen LogP contribution >= 0.6 is 11.3 Å². The SMILES string of the molecule is C1=CC2NC1/C(c1ccccc1)=c1/cc/c([nH]1)=C(\c1ccccc1)c1ccc3cccc(c3c1)-c1ccc(s1)C2c1ccccc1. The Hall–Kier alpha value is -5.22. The van der Waals surface area contributed by atoms with Gasteiger partial charge in [-0.05, 0) is 68.9 Å². The highest BCUT2D eigenvalue weighted by Crippen LogP contribution is 2.41. The normalized spacial score (nSPS) is 21.2. The van der Waals surface area contributed by atoms with E-state index in [1.807, 2.05) is 11.3 Å². The summed E-state index contributed by atoms with van der Waals surface area (Å²) in [7, 11) is 0. The van der Waals surface area contributed by atoms with Crippen molar-refractivity contribution in [3.63, 3.8) is 0 Å². The van der Waals surface area contributed by atoms with Crippen molar-refractivity contribution in [2.24, 2.45) is 0 Å². The van der Waals surface area contributed by atoms with Crippen molar-refractivity contribution < 1.29 is 0 Å². The summed E-state index contributed by atoms with van der Waals surface area (Å²) in [5.74, 6) is 0.189. The summed E-state index contributed by atoms with van der Waals surface area (Å²) in [6.45, 7) is 0. The van der Waals surface area contributed by atoms with Gasteiger partial charge < -0.3 is 4.98 Å². The van der Waals surface area contributed by atoms with Gasteiger partial charge in [0.15, 0.2) is 0 Å². The molecule has 0 aliphatic carbocycles. The fraction of sp³-hybridized carbons (Fsp3) is 0.0698. The summed E-state index contributed by atoms with van der Waals surface area (Å²) in [4.78, 5) is 6.57. The first kappa shape index (κ1) is 27.1. The van der Waals surface area contributed by atoms with E-state index >= 15 is 0 Å². The van der Waals surface area contributed by atoms with E-state index in [1.54, 1.807) is 0 Å². The Labute approximate surface area is 272 Å². The Kier molecular flexibility index (Phi) is 6.66. The number of aromatic nitrogens is 1. The summed E-state index contributed by atoms with van der Waals surface area (Å²) in [5.41, 5.74) is 8.67. The average Bonchev–Trinajstić information content (AvgIpc) is 3.90. The molecule has 7 aromatic rings. The van der Waals surface area contributed by atoms with Crippen LogP contribution in [0.2, 0.25) is 0 Å². The van der Waals surface area contributed by atoms with Gasteiger partial charge in [-0.15, -0.1) is 11.3 Å². The molecule has 0 saturated carbocycles. The number of aromatic amines is 1. The second-order valence-corrected chi connectivity index (χ2v) is 13.3. The van der Waals surface area contributed by atoms with Crippen LogP contribution in [0.1, 0.15) is 33.0 Å². The largest absolute Gasteiger partial charge is 0.355 e. The van der Waals surface area contributed by atoms with Crippen LogP contribution in [0.4, 0.5) is 0 Å². The number of rotatable bonds is 3. The summed E-state index contributed by atoms with van der Waals surface area (Å²) in [6, 6.07) is 55.6. The Morgan fingerprint density at radius 3 is 2.09 bits per heavy atom. The highest BCUT2D eigenvalue weighted by atomic mass is 32.1. The molecule has 2 aromatic heterocycles. The lowest BCUT2D eigenvalue weighted by Crippen LogP contribution is -2.38. The van der Waals surface area contributed by atoms with E-state index in [0.717, 1.165) is 10.7 Å². The Morgan fingerprint density at radius 1 is 0.543 bits per heavy atom. The Bertz CT molecular complexity index is 2350. The van der Waals surface area contributed by atoms with E-state index in [4.69, 9.17) is 0 Å². The zero-order chi connectivity index (χ0) is 30.5. The maximum Gasteiger partial charge on any atom is 0.0538 e. The lowest BCUT2D eigenvalue weighted by atomic mass is 9.90. The van der Waals surface area contributed by atoms with Crippen molar-refractivity contribution in [1.29, 1.82) is 0 Å². The van der Waals surface area contributed by atoms with Crippen molar-refractivity contribution in [1.82, 2.24) is 10.3 Å². The summed E-state index contributed by atoms with van der Waals surface area (Å²) in [6.07, 6.45) is 4.75. The minimum Gasteiger partial charge on any atom is -0.355 e. The predicted octanol–water partition coefficient (Wildman–Crippen LogP) is 8.38. The highest BCUT2D eigenvalue weighted by Gasteiger charge is 2.32. The van der Waals surface area contributed by atoms with E-state index in [2.05, 4.69) is 174 Å². The van der Waals surface area contributed by atoms with Crippen LogP contribution in [0.25, 0.3) is 32.4 Å². The molecular formula is C43H32N2S. The van der Waals surface area contributed by atoms with E-state index in [9.17, 15) is 0 Å². The van der Waals surface area contributed by atoms with Crippen LogP contribution in [0.5, 0.6) is 0 Å². The van der Waals surface area contributed by atoms with Crippen LogP contribution in [0.3, 0.4) is 0 Å². The molecule has 2 aliphatic rings. The fourth-order valence-electron chi connectivity index (χ4n) is 7.35. The molecule has 46 heavy (non-hydrogen) atoms. The first-order valence-corrected chi connectivity index (χ1v) is 16.8. The molecular weight excluding hydrogens is 577 g/mol. The van der Waals surface area contributed by atoms with Gasteiger partial charge in [0.2, 0.25) is 0 Å². The second-order valence-electron chi connectivity index (χ2n) is 12.2. The van der Waals surface area contributed by atoms with Crippen molar-refractivity contribution in [2.75, 3.05) is 0 Å². The Morgan fingerprint density at radius 2 is 1.28 bits per heavy atom. The van der Waals surface area contributed by atoms with Crippen LogP contribution in [0.15, 0.2) is 164 Å². The monoisotopic (exact) mass is 608 g/mol. The second kappa shape index (κ2) is 11.3. The molecule has 220 valence electrons. The molecule has 4 heterocycles. The van der Waals surface area contributed by atoms with Crippen LogP contribution in [-0.2, 0) is 0 Å². The van der Waals surface area contributed by atoms with Gasteiger partial charge in [-0.2, -0.15) is 0 Å². The molecule has 8 bridgehead atoms. The standard InChI is InChI=1S/C43H32N2S/c1-4-11-29(12-5-1)41-32-20-19-28-17-10-18-33(34(28)27-32)39-25-26-40(46-39)43(31-15-8-3-9-16-31)38-24-23-37(45-38)42(30-13-6-2-7-14-30)36-22-21-35(41)44-36/h1-27,37-38,43-45H/b41-35-,42-36-. The third-order valence-electron chi connectivity index (χ3n) is 9.47. The summed E-state index contributed by atoms with van der Waals surface area (Å²) in [5, 5.41) is 8.82. The molecule has 2 nitrogen and oxygen atoms in total. The third kappa shape index (κ3) is 4.68. The molecule has 0 saturated heterocycles. The molecule has 0 radical (unpaired) electrons. The van der Waals surface area contributed by atoms with Gasteiger partial charge in [0.05, 0.1) is 6.04 Å². The fourth-order valence-corrected chi connectivity index (χ4v) is 8.58. The Balaban J connectivity index is 1.37. The summed E-state index contributed by atoms with van der Waals surface area (Å²) < 4.78 is 0. The van der Waals surface area contributed by atoms with E-state index in [-0.39, 0.29) is 18.0 Å². The number of H-pyrrole nitrogens is 1. The van der Waals surface area contributed by atoms with E-state index < -0.39 is 0 Å². The first-order valence-electron chi connectivity index (χ1n) is 16.0. The van der Waals surface area contributed by atoms with Crippen LogP contribution in [0, 0.1) is 0 Å². The zero-order valence-electron chi connectivity index (χ0n) is 25.2. The van der Waals surface area contributed by atoms with Gasteiger partial charge >= 0.3 is 0 Å². The molecule has 5 aromatic carbocycles. The average molecular weight is 609 g/mol. The molecule has 0 fully saturated rings. The van der Waals surface area contributed by atoms with Crippen molar-refractivity contribution >= 4 is 33.3 Å². The number of thiophene rings is 1. The van der Waals surface area contributed by atoms with Crippen molar-refractivity contribution in [3.05, 3.63) is 202 Å². The molecule has 0 spiro atoms. The number of benzene rings is 5. The maximum atomic E-state index is 4.07. The number of fused-ring (bicyclic) bond motifs is 8. The first-order chi connectivity index (χ1) is 22.8. The predicted molar refractivity (Wildman–Crippen MR) is 192 cm³/mol. The number of hydrogen-bond donors (Lipinski definition) is 2. The van der Waals surface area contributed by atoms with Gasteiger partial charge in [-0.25, -0.2) is 0 Å². The van der Waals surface area contributed by atoms with Crippen molar-refractivity contribution in [2.45, 2.75) is 18.0 Å². The minimum atomic E-state index is 0.0507. The van der Waals surface area contributed by atoms with Crippen LogP contribution < -0.4 is 16.0 Å². The number of hydrogen-bond acceptors (Lipinski definition) is 2. The number of nitrogens with one attached hydrogen (secondary N) is 2. The van der Waals surface area contributed by atoms with Crippen LogP contribution in [-0.4, -0.2) is 17.1 Å². The van der Waals surface area contributed by atoms with E-state index in [0.29, 0.717) is 0 Å².